The third kappa shape index (κ3) is 3.27. The van der Waals surface area contributed by atoms with Gasteiger partial charge in [-0.15, -0.1) is 11.8 Å². The Hall–Kier alpha value is -2.22. The van der Waals surface area contributed by atoms with Crippen LogP contribution in [0.4, 0.5) is 5.69 Å². The summed E-state index contributed by atoms with van der Waals surface area (Å²) in [6, 6.07) is 13.0. The van der Waals surface area contributed by atoms with E-state index in [9.17, 15) is 9.59 Å². The maximum atomic E-state index is 13.8. The molecule has 2 aromatic rings. The van der Waals surface area contributed by atoms with Crippen LogP contribution in [0.15, 0.2) is 42.5 Å². The molecule has 0 bridgehead atoms. The number of hydrogen-bond acceptors (Lipinski definition) is 5. The Bertz CT molecular complexity index is 969. The molecule has 0 aliphatic carbocycles. The highest BCUT2D eigenvalue weighted by atomic mass is 35.5. The first-order chi connectivity index (χ1) is 14.0. The monoisotopic (exact) mass is 432 g/mol. The summed E-state index contributed by atoms with van der Waals surface area (Å²) in [4.78, 5) is 28.8. The summed E-state index contributed by atoms with van der Waals surface area (Å²) in [5.41, 5.74) is 2.46. The Balaban J connectivity index is 1.78. The lowest BCUT2D eigenvalue weighted by atomic mass is 10.1. The number of thioether (sulfide) groups is 1. The Morgan fingerprint density at radius 3 is 2.83 bits per heavy atom. The molecule has 29 heavy (non-hydrogen) atoms. The molecular formula is C21H21ClN2O4S. The minimum absolute atomic E-state index is 0.0681. The van der Waals surface area contributed by atoms with Crippen LogP contribution in [-0.2, 0) is 25.7 Å². The van der Waals surface area contributed by atoms with Crippen LogP contribution in [0.1, 0.15) is 11.1 Å². The first-order valence-corrected chi connectivity index (χ1v) is 10.6. The van der Waals surface area contributed by atoms with E-state index in [2.05, 4.69) is 0 Å². The van der Waals surface area contributed by atoms with Gasteiger partial charge in [-0.2, -0.15) is 0 Å². The summed E-state index contributed by atoms with van der Waals surface area (Å²) >= 11 is 7.76. The van der Waals surface area contributed by atoms with Crippen LogP contribution in [0.2, 0.25) is 5.02 Å². The average molecular weight is 433 g/mol. The van der Waals surface area contributed by atoms with Crippen molar-refractivity contribution in [3.8, 4) is 5.75 Å². The SMILES string of the molecule is COCC(=O)N1CCS[C@]12C(=O)N(Cc1cccc(OC)c1)c1ccc(Cl)cc12. The molecule has 0 N–H and O–H groups in total. The van der Waals surface area contributed by atoms with E-state index >= 15 is 0 Å². The Morgan fingerprint density at radius 1 is 1.24 bits per heavy atom. The van der Waals surface area contributed by atoms with E-state index in [1.165, 1.54) is 18.9 Å². The molecule has 2 aliphatic rings. The van der Waals surface area contributed by atoms with Crippen LogP contribution >= 0.6 is 23.4 Å². The van der Waals surface area contributed by atoms with E-state index in [0.717, 1.165) is 22.6 Å². The lowest BCUT2D eigenvalue weighted by Crippen LogP contribution is -2.51. The van der Waals surface area contributed by atoms with E-state index in [4.69, 9.17) is 21.1 Å². The van der Waals surface area contributed by atoms with Crippen molar-refractivity contribution in [1.82, 2.24) is 4.90 Å². The highest BCUT2D eigenvalue weighted by molar-refractivity contribution is 8.01. The van der Waals surface area contributed by atoms with Crippen LogP contribution in [0.3, 0.4) is 0 Å². The number of halogens is 1. The largest absolute Gasteiger partial charge is 0.497 e. The summed E-state index contributed by atoms with van der Waals surface area (Å²) in [6.07, 6.45) is 0. The smallest absolute Gasteiger partial charge is 0.268 e. The van der Waals surface area contributed by atoms with E-state index in [1.54, 1.807) is 29.0 Å². The second-order valence-electron chi connectivity index (χ2n) is 6.88. The average Bonchev–Trinajstić information content (AvgIpc) is 3.26. The molecule has 2 amide bonds. The molecule has 2 heterocycles. The highest BCUT2D eigenvalue weighted by Crippen LogP contribution is 2.55. The van der Waals surface area contributed by atoms with Crippen molar-refractivity contribution in [3.63, 3.8) is 0 Å². The Labute approximate surface area is 178 Å². The molecule has 0 radical (unpaired) electrons. The fourth-order valence-electron chi connectivity index (χ4n) is 3.95. The minimum atomic E-state index is -1.10. The van der Waals surface area contributed by atoms with Gasteiger partial charge in [-0.05, 0) is 35.9 Å². The van der Waals surface area contributed by atoms with E-state index in [1.807, 2.05) is 30.3 Å². The van der Waals surface area contributed by atoms with Crippen molar-refractivity contribution in [2.75, 3.05) is 38.0 Å². The van der Waals surface area contributed by atoms with E-state index < -0.39 is 4.87 Å². The number of carbonyl (C=O) groups excluding carboxylic acids is 2. The molecule has 4 rings (SSSR count). The van der Waals surface area contributed by atoms with Gasteiger partial charge in [0.25, 0.3) is 5.91 Å². The van der Waals surface area contributed by atoms with Gasteiger partial charge in [0.2, 0.25) is 5.91 Å². The number of fused-ring (bicyclic) bond motifs is 2. The number of hydrogen-bond donors (Lipinski definition) is 0. The van der Waals surface area contributed by atoms with Gasteiger partial charge in [-0.3, -0.25) is 9.59 Å². The molecule has 1 fully saturated rings. The molecule has 1 atom stereocenters. The molecule has 1 saturated heterocycles. The second kappa shape index (κ2) is 7.89. The molecule has 2 aliphatic heterocycles. The number of rotatable bonds is 5. The van der Waals surface area contributed by atoms with Crippen LogP contribution in [0, 0.1) is 0 Å². The lowest BCUT2D eigenvalue weighted by Gasteiger charge is -2.33. The molecule has 0 unspecified atom stereocenters. The van der Waals surface area contributed by atoms with Gasteiger partial charge < -0.3 is 19.3 Å². The topological polar surface area (TPSA) is 59.1 Å². The van der Waals surface area contributed by atoms with E-state index in [0.29, 0.717) is 23.9 Å². The second-order valence-corrected chi connectivity index (χ2v) is 8.60. The van der Waals surface area contributed by atoms with Gasteiger partial charge in [0, 0.05) is 30.0 Å². The molecule has 1 spiro atoms. The molecule has 2 aromatic carbocycles. The van der Waals surface area contributed by atoms with Crippen molar-refractivity contribution >= 4 is 40.9 Å². The van der Waals surface area contributed by atoms with Crippen molar-refractivity contribution < 1.29 is 19.1 Å². The molecule has 0 saturated carbocycles. The zero-order valence-electron chi connectivity index (χ0n) is 16.2. The van der Waals surface area contributed by atoms with Gasteiger partial charge in [-0.1, -0.05) is 23.7 Å². The number of anilines is 1. The molecule has 0 aromatic heterocycles. The summed E-state index contributed by atoms with van der Waals surface area (Å²) in [5.74, 6) is 1.05. The van der Waals surface area contributed by atoms with Gasteiger partial charge >= 0.3 is 0 Å². The first-order valence-electron chi connectivity index (χ1n) is 9.19. The van der Waals surface area contributed by atoms with Gasteiger partial charge in [-0.25, -0.2) is 0 Å². The number of carbonyl (C=O) groups is 2. The Morgan fingerprint density at radius 2 is 2.07 bits per heavy atom. The van der Waals surface area contributed by atoms with E-state index in [-0.39, 0.29) is 18.4 Å². The fraction of sp³-hybridized carbons (Fsp3) is 0.333. The summed E-state index contributed by atoms with van der Waals surface area (Å²) < 4.78 is 10.4. The molecule has 8 heteroatoms. The van der Waals surface area contributed by atoms with Gasteiger partial charge in [0.05, 0.1) is 19.3 Å². The zero-order chi connectivity index (χ0) is 20.6. The van der Waals surface area contributed by atoms with Crippen molar-refractivity contribution in [2.45, 2.75) is 11.4 Å². The standard InChI is InChI=1S/C21H21ClN2O4S/c1-27-13-19(25)24-8-9-29-21(24)17-11-15(22)6-7-18(17)23(20(21)26)12-14-4-3-5-16(10-14)28-2/h3-7,10-11H,8-9,12-13H2,1-2H3/t21-/m1/s1. The molecular weight excluding hydrogens is 412 g/mol. The number of amides is 2. The molecule has 6 nitrogen and oxygen atoms in total. The van der Waals surface area contributed by atoms with Gasteiger partial charge in [0.15, 0.2) is 4.87 Å². The highest BCUT2D eigenvalue weighted by Gasteiger charge is 2.59. The third-order valence-electron chi connectivity index (χ3n) is 5.20. The number of ether oxygens (including phenoxy) is 2. The van der Waals surface area contributed by atoms with Crippen molar-refractivity contribution in [2.24, 2.45) is 0 Å². The fourth-order valence-corrected chi connectivity index (χ4v) is 5.60. The summed E-state index contributed by atoms with van der Waals surface area (Å²) in [5, 5.41) is 0.533. The predicted octanol–water partition coefficient (Wildman–Crippen LogP) is 3.27. The minimum Gasteiger partial charge on any atom is -0.497 e. The maximum absolute atomic E-state index is 13.8. The molecule has 152 valence electrons. The summed E-state index contributed by atoms with van der Waals surface area (Å²) in [6.45, 7) is 0.790. The Kier molecular flexibility index (Phi) is 5.46. The maximum Gasteiger partial charge on any atom is 0.268 e. The van der Waals surface area contributed by atoms with Crippen LogP contribution in [0.25, 0.3) is 0 Å². The first kappa shape index (κ1) is 20.1. The van der Waals surface area contributed by atoms with Crippen LogP contribution < -0.4 is 9.64 Å². The number of nitrogens with zero attached hydrogens (tertiary/aromatic N) is 2. The summed E-state index contributed by atoms with van der Waals surface area (Å²) in [7, 11) is 3.09. The third-order valence-corrected chi connectivity index (χ3v) is 6.85. The van der Waals surface area contributed by atoms with Crippen molar-refractivity contribution in [3.05, 3.63) is 58.6 Å². The number of methoxy groups -OCH3 is 2. The normalized spacial score (nSPS) is 20.4. The predicted molar refractivity (Wildman–Crippen MR) is 113 cm³/mol. The van der Waals surface area contributed by atoms with Gasteiger partial charge in [0.1, 0.15) is 12.4 Å². The lowest BCUT2D eigenvalue weighted by molar-refractivity contribution is -0.143. The zero-order valence-corrected chi connectivity index (χ0v) is 17.8. The number of benzene rings is 2. The van der Waals surface area contributed by atoms with Crippen LogP contribution in [0.5, 0.6) is 5.75 Å². The van der Waals surface area contributed by atoms with Crippen LogP contribution in [-0.4, -0.2) is 49.8 Å². The quantitative estimate of drug-likeness (QED) is 0.725. The van der Waals surface area contributed by atoms with Crippen molar-refractivity contribution in [1.29, 1.82) is 0 Å².